The molecular formula is C14H9ClO3. The van der Waals surface area contributed by atoms with Crippen LogP contribution in [-0.2, 0) is 0 Å². The Morgan fingerprint density at radius 1 is 0.889 bits per heavy atom. The zero-order valence-electron chi connectivity index (χ0n) is 9.26. The second-order valence-electron chi connectivity index (χ2n) is 3.72. The molecule has 4 heteroatoms. The van der Waals surface area contributed by atoms with Crippen molar-refractivity contribution in [2.45, 2.75) is 0 Å². The van der Waals surface area contributed by atoms with E-state index >= 15 is 0 Å². The SMILES string of the molecule is O=C(O)c1ccc(C(=O)c2cccc(Cl)c2)cc1. The number of carboxylic acid groups (broad SMARTS) is 1. The summed E-state index contributed by atoms with van der Waals surface area (Å²) in [6.07, 6.45) is 0. The maximum Gasteiger partial charge on any atom is 0.335 e. The van der Waals surface area contributed by atoms with Crippen molar-refractivity contribution in [1.82, 2.24) is 0 Å². The Bertz CT molecular complexity index is 603. The molecule has 0 heterocycles. The van der Waals surface area contributed by atoms with Crippen molar-refractivity contribution in [2.24, 2.45) is 0 Å². The molecular weight excluding hydrogens is 252 g/mol. The van der Waals surface area contributed by atoms with Gasteiger partial charge in [-0.1, -0.05) is 35.9 Å². The number of hydrogen-bond donors (Lipinski definition) is 1. The summed E-state index contributed by atoms with van der Waals surface area (Å²) in [5.74, 6) is -1.20. The minimum Gasteiger partial charge on any atom is -0.478 e. The third-order valence-corrected chi connectivity index (χ3v) is 2.72. The molecule has 0 saturated carbocycles. The number of benzene rings is 2. The number of carbonyl (C=O) groups is 2. The van der Waals surface area contributed by atoms with Crippen LogP contribution in [0.3, 0.4) is 0 Å². The average Bonchev–Trinajstić information content (AvgIpc) is 2.38. The van der Waals surface area contributed by atoms with Crippen LogP contribution in [0.2, 0.25) is 5.02 Å². The smallest absolute Gasteiger partial charge is 0.335 e. The molecule has 0 radical (unpaired) electrons. The van der Waals surface area contributed by atoms with Gasteiger partial charge >= 0.3 is 5.97 Å². The van der Waals surface area contributed by atoms with Gasteiger partial charge in [0, 0.05) is 16.1 Å². The lowest BCUT2D eigenvalue weighted by Crippen LogP contribution is -2.02. The van der Waals surface area contributed by atoms with Crippen LogP contribution in [-0.4, -0.2) is 16.9 Å². The lowest BCUT2D eigenvalue weighted by molar-refractivity contribution is 0.0696. The Balaban J connectivity index is 2.32. The number of aromatic carboxylic acids is 1. The van der Waals surface area contributed by atoms with Crippen LogP contribution in [0, 0.1) is 0 Å². The van der Waals surface area contributed by atoms with E-state index in [1.807, 2.05) is 0 Å². The summed E-state index contributed by atoms with van der Waals surface area (Å²) >= 11 is 5.81. The molecule has 90 valence electrons. The summed E-state index contributed by atoms with van der Waals surface area (Å²) in [5.41, 5.74) is 1.06. The predicted molar refractivity (Wildman–Crippen MR) is 68.3 cm³/mol. The van der Waals surface area contributed by atoms with Gasteiger partial charge in [-0.25, -0.2) is 4.79 Å². The van der Waals surface area contributed by atoms with E-state index in [4.69, 9.17) is 16.7 Å². The molecule has 0 unspecified atom stereocenters. The lowest BCUT2D eigenvalue weighted by Gasteiger charge is -2.02. The molecule has 0 spiro atoms. The summed E-state index contributed by atoms with van der Waals surface area (Å²) in [6, 6.07) is 12.4. The normalized spacial score (nSPS) is 10.1. The first-order valence-corrected chi connectivity index (χ1v) is 5.59. The number of carboxylic acids is 1. The number of hydrogen-bond acceptors (Lipinski definition) is 2. The highest BCUT2D eigenvalue weighted by molar-refractivity contribution is 6.31. The van der Waals surface area contributed by atoms with Crippen molar-refractivity contribution in [2.75, 3.05) is 0 Å². The van der Waals surface area contributed by atoms with Crippen LogP contribution in [0.5, 0.6) is 0 Å². The van der Waals surface area contributed by atoms with E-state index in [0.717, 1.165) is 0 Å². The van der Waals surface area contributed by atoms with E-state index in [9.17, 15) is 9.59 Å². The number of ketones is 1. The molecule has 0 bridgehead atoms. The second kappa shape index (κ2) is 5.02. The van der Waals surface area contributed by atoms with Crippen molar-refractivity contribution in [3.63, 3.8) is 0 Å². The monoisotopic (exact) mass is 260 g/mol. The molecule has 2 aromatic rings. The molecule has 0 aliphatic heterocycles. The van der Waals surface area contributed by atoms with Gasteiger partial charge in [0.25, 0.3) is 0 Å². The topological polar surface area (TPSA) is 54.4 Å². The van der Waals surface area contributed by atoms with E-state index in [-0.39, 0.29) is 11.3 Å². The fourth-order valence-corrected chi connectivity index (χ4v) is 1.75. The van der Waals surface area contributed by atoms with Gasteiger partial charge in [-0.3, -0.25) is 4.79 Å². The summed E-state index contributed by atoms with van der Waals surface area (Å²) in [6.45, 7) is 0. The molecule has 3 nitrogen and oxygen atoms in total. The molecule has 0 amide bonds. The Morgan fingerprint density at radius 3 is 2.06 bits per heavy atom. The molecule has 0 saturated heterocycles. The van der Waals surface area contributed by atoms with Crippen molar-refractivity contribution < 1.29 is 14.7 Å². The van der Waals surface area contributed by atoms with E-state index in [2.05, 4.69) is 0 Å². The van der Waals surface area contributed by atoms with Gasteiger partial charge < -0.3 is 5.11 Å². The molecule has 0 aliphatic rings. The number of carbonyl (C=O) groups excluding carboxylic acids is 1. The third-order valence-electron chi connectivity index (χ3n) is 2.48. The molecule has 0 aromatic heterocycles. The molecule has 0 atom stereocenters. The van der Waals surface area contributed by atoms with Gasteiger partial charge in [0.15, 0.2) is 5.78 Å². The highest BCUT2D eigenvalue weighted by Gasteiger charge is 2.10. The van der Waals surface area contributed by atoms with Gasteiger partial charge in [-0.2, -0.15) is 0 Å². The van der Waals surface area contributed by atoms with Gasteiger partial charge in [0.1, 0.15) is 0 Å². The first-order chi connectivity index (χ1) is 8.58. The van der Waals surface area contributed by atoms with Crippen molar-refractivity contribution >= 4 is 23.4 Å². The van der Waals surface area contributed by atoms with Crippen molar-refractivity contribution in [1.29, 1.82) is 0 Å². The highest BCUT2D eigenvalue weighted by atomic mass is 35.5. The number of rotatable bonds is 3. The van der Waals surface area contributed by atoms with E-state index in [1.54, 1.807) is 24.3 Å². The van der Waals surface area contributed by atoms with E-state index in [0.29, 0.717) is 16.1 Å². The Kier molecular flexibility index (Phi) is 3.44. The quantitative estimate of drug-likeness (QED) is 0.862. The van der Waals surface area contributed by atoms with Gasteiger partial charge in [-0.15, -0.1) is 0 Å². The third kappa shape index (κ3) is 2.57. The summed E-state index contributed by atoms with van der Waals surface area (Å²) < 4.78 is 0. The average molecular weight is 261 g/mol. The first kappa shape index (κ1) is 12.3. The minimum atomic E-state index is -1.02. The van der Waals surface area contributed by atoms with Crippen LogP contribution < -0.4 is 0 Å². The predicted octanol–water partition coefficient (Wildman–Crippen LogP) is 3.27. The molecule has 2 rings (SSSR count). The number of halogens is 1. The fourth-order valence-electron chi connectivity index (χ4n) is 1.56. The Morgan fingerprint density at radius 2 is 1.50 bits per heavy atom. The molecule has 0 aliphatic carbocycles. The Hall–Kier alpha value is -2.13. The van der Waals surface area contributed by atoms with Gasteiger partial charge in [-0.05, 0) is 24.3 Å². The Labute approximate surface area is 109 Å². The maximum absolute atomic E-state index is 12.1. The van der Waals surface area contributed by atoms with E-state index < -0.39 is 5.97 Å². The van der Waals surface area contributed by atoms with Crippen LogP contribution in [0.15, 0.2) is 48.5 Å². The van der Waals surface area contributed by atoms with Crippen LogP contribution in [0.4, 0.5) is 0 Å². The largest absolute Gasteiger partial charge is 0.478 e. The second-order valence-corrected chi connectivity index (χ2v) is 4.16. The summed E-state index contributed by atoms with van der Waals surface area (Å²) in [4.78, 5) is 22.8. The fraction of sp³-hybridized carbons (Fsp3) is 0. The van der Waals surface area contributed by atoms with Gasteiger partial charge in [0.2, 0.25) is 0 Å². The molecule has 18 heavy (non-hydrogen) atoms. The van der Waals surface area contributed by atoms with Gasteiger partial charge in [0.05, 0.1) is 5.56 Å². The summed E-state index contributed by atoms with van der Waals surface area (Å²) in [7, 11) is 0. The lowest BCUT2D eigenvalue weighted by atomic mass is 10.0. The molecule has 0 fully saturated rings. The zero-order chi connectivity index (χ0) is 13.1. The minimum absolute atomic E-state index is 0.151. The summed E-state index contributed by atoms with van der Waals surface area (Å²) in [5, 5.41) is 9.25. The zero-order valence-corrected chi connectivity index (χ0v) is 10.0. The first-order valence-electron chi connectivity index (χ1n) is 5.21. The maximum atomic E-state index is 12.1. The van der Waals surface area contributed by atoms with Crippen LogP contribution >= 0.6 is 11.6 Å². The standard InChI is InChI=1S/C14H9ClO3/c15-12-3-1-2-11(8-12)13(16)9-4-6-10(7-5-9)14(17)18/h1-8H,(H,17,18). The highest BCUT2D eigenvalue weighted by Crippen LogP contribution is 2.15. The van der Waals surface area contributed by atoms with E-state index in [1.165, 1.54) is 24.3 Å². The van der Waals surface area contributed by atoms with Crippen molar-refractivity contribution in [3.05, 3.63) is 70.2 Å². The van der Waals surface area contributed by atoms with Crippen LogP contribution in [0.25, 0.3) is 0 Å². The molecule has 1 N–H and O–H groups in total. The molecule has 2 aromatic carbocycles. The van der Waals surface area contributed by atoms with Crippen molar-refractivity contribution in [3.8, 4) is 0 Å². The van der Waals surface area contributed by atoms with Crippen LogP contribution in [0.1, 0.15) is 26.3 Å².